The summed E-state index contributed by atoms with van der Waals surface area (Å²) in [4.78, 5) is 0. The third-order valence-electron chi connectivity index (χ3n) is 1.91. The second-order valence-electron chi connectivity index (χ2n) is 2.98. The summed E-state index contributed by atoms with van der Waals surface area (Å²) in [6.45, 7) is 0.651. The highest BCUT2D eigenvalue weighted by Gasteiger charge is 1.95. The van der Waals surface area contributed by atoms with Gasteiger partial charge in [-0.15, -0.1) is 0 Å². The lowest BCUT2D eigenvalue weighted by Gasteiger charge is -2.03. The molecule has 1 heterocycles. The molecule has 0 saturated carbocycles. The highest BCUT2D eigenvalue weighted by atomic mass is 16.3. The molecule has 0 radical (unpaired) electrons. The molecule has 0 aliphatic carbocycles. The van der Waals surface area contributed by atoms with Gasteiger partial charge in [-0.1, -0.05) is 0 Å². The maximum atomic E-state index is 9.06. The van der Waals surface area contributed by atoms with Crippen LogP contribution < -0.4 is 5.32 Å². The van der Waals surface area contributed by atoms with Crippen molar-refractivity contribution in [3.8, 4) is 5.75 Å². The molecule has 0 spiro atoms. The normalized spacial score (nSPS) is 10.0. The largest absolute Gasteiger partial charge is 0.508 e. The second kappa shape index (κ2) is 3.87. The Hall–Kier alpha value is -1.90. The van der Waals surface area contributed by atoms with E-state index >= 15 is 0 Å². The van der Waals surface area contributed by atoms with E-state index in [9.17, 15) is 0 Å². The van der Waals surface area contributed by atoms with E-state index in [1.54, 1.807) is 18.4 Å². The van der Waals surface area contributed by atoms with E-state index in [-0.39, 0.29) is 5.75 Å². The fourth-order valence-corrected chi connectivity index (χ4v) is 1.18. The third-order valence-corrected chi connectivity index (χ3v) is 1.91. The fraction of sp³-hybridized carbons (Fsp3) is 0.0909. The van der Waals surface area contributed by atoms with E-state index in [4.69, 9.17) is 9.52 Å². The Labute approximate surface area is 82.0 Å². The molecule has 0 bridgehead atoms. The Morgan fingerprint density at radius 2 is 1.93 bits per heavy atom. The lowest BCUT2D eigenvalue weighted by Crippen LogP contribution is -1.97. The SMILES string of the molecule is Oc1ccc(NCc2ccco2)cc1. The van der Waals surface area contributed by atoms with Crippen LogP contribution in [0.15, 0.2) is 47.1 Å². The summed E-state index contributed by atoms with van der Waals surface area (Å²) in [6.07, 6.45) is 1.65. The minimum Gasteiger partial charge on any atom is -0.508 e. The first kappa shape index (κ1) is 8.69. The number of phenols is 1. The number of hydrogen-bond donors (Lipinski definition) is 2. The number of phenolic OH excluding ortho intramolecular Hbond substituents is 1. The van der Waals surface area contributed by atoms with Gasteiger partial charge in [0, 0.05) is 5.69 Å². The first-order chi connectivity index (χ1) is 6.84. The highest BCUT2D eigenvalue weighted by molar-refractivity contribution is 5.45. The van der Waals surface area contributed by atoms with Gasteiger partial charge < -0.3 is 14.8 Å². The van der Waals surface area contributed by atoms with Gasteiger partial charge in [0.05, 0.1) is 12.8 Å². The third kappa shape index (κ3) is 2.07. The molecule has 2 rings (SSSR count). The molecule has 0 aliphatic rings. The second-order valence-corrected chi connectivity index (χ2v) is 2.98. The average Bonchev–Trinajstić information content (AvgIpc) is 2.70. The van der Waals surface area contributed by atoms with Crippen LogP contribution in [-0.2, 0) is 6.54 Å². The van der Waals surface area contributed by atoms with Crippen LogP contribution in [0.4, 0.5) is 5.69 Å². The molecule has 0 aliphatic heterocycles. The van der Waals surface area contributed by atoms with Gasteiger partial charge in [0.2, 0.25) is 0 Å². The predicted molar refractivity (Wildman–Crippen MR) is 54.1 cm³/mol. The summed E-state index contributed by atoms with van der Waals surface area (Å²) < 4.78 is 5.17. The Kier molecular flexibility index (Phi) is 2.40. The summed E-state index contributed by atoms with van der Waals surface area (Å²) in [5.41, 5.74) is 0.958. The van der Waals surface area contributed by atoms with Crippen LogP contribution in [-0.4, -0.2) is 5.11 Å². The molecule has 0 atom stereocenters. The standard InChI is InChI=1S/C11H11NO2/c13-10-5-3-9(4-6-10)12-8-11-2-1-7-14-11/h1-7,12-13H,8H2. The number of furan rings is 1. The van der Waals surface area contributed by atoms with Gasteiger partial charge in [-0.25, -0.2) is 0 Å². The van der Waals surface area contributed by atoms with Crippen molar-refractivity contribution in [2.45, 2.75) is 6.54 Å². The zero-order valence-corrected chi connectivity index (χ0v) is 7.60. The van der Waals surface area contributed by atoms with E-state index in [0.29, 0.717) is 6.54 Å². The summed E-state index contributed by atoms with van der Waals surface area (Å²) >= 11 is 0. The molecule has 0 fully saturated rings. The molecule has 0 unspecified atom stereocenters. The van der Waals surface area contributed by atoms with Gasteiger partial charge >= 0.3 is 0 Å². The molecule has 3 heteroatoms. The lowest BCUT2D eigenvalue weighted by molar-refractivity contribution is 0.475. The Bertz CT molecular complexity index is 378. The smallest absolute Gasteiger partial charge is 0.122 e. The maximum Gasteiger partial charge on any atom is 0.122 e. The number of aromatic hydroxyl groups is 1. The monoisotopic (exact) mass is 189 g/mol. The average molecular weight is 189 g/mol. The van der Waals surface area contributed by atoms with Crippen molar-refractivity contribution < 1.29 is 9.52 Å². The Morgan fingerprint density at radius 1 is 1.14 bits per heavy atom. The minimum absolute atomic E-state index is 0.272. The van der Waals surface area contributed by atoms with Crippen molar-refractivity contribution >= 4 is 5.69 Å². The van der Waals surface area contributed by atoms with Crippen LogP contribution in [0.1, 0.15) is 5.76 Å². The molecular weight excluding hydrogens is 178 g/mol. The van der Waals surface area contributed by atoms with E-state index < -0.39 is 0 Å². The predicted octanol–water partition coefficient (Wildman–Crippen LogP) is 2.60. The van der Waals surface area contributed by atoms with Crippen molar-refractivity contribution in [2.24, 2.45) is 0 Å². The summed E-state index contributed by atoms with van der Waals surface area (Å²) in [5, 5.41) is 12.2. The van der Waals surface area contributed by atoms with Gasteiger partial charge in [0.25, 0.3) is 0 Å². The first-order valence-corrected chi connectivity index (χ1v) is 4.40. The quantitative estimate of drug-likeness (QED) is 0.729. The molecule has 1 aromatic heterocycles. The molecule has 0 saturated heterocycles. The van der Waals surface area contributed by atoms with Crippen molar-refractivity contribution in [3.05, 3.63) is 48.4 Å². The zero-order valence-electron chi connectivity index (χ0n) is 7.60. The van der Waals surface area contributed by atoms with Crippen LogP contribution >= 0.6 is 0 Å². The van der Waals surface area contributed by atoms with Gasteiger partial charge in [0.15, 0.2) is 0 Å². The molecule has 2 aromatic rings. The summed E-state index contributed by atoms with van der Waals surface area (Å²) in [7, 11) is 0. The molecular formula is C11H11NO2. The van der Waals surface area contributed by atoms with Crippen LogP contribution in [0.3, 0.4) is 0 Å². The molecule has 3 nitrogen and oxygen atoms in total. The Morgan fingerprint density at radius 3 is 2.57 bits per heavy atom. The molecule has 1 aromatic carbocycles. The van der Waals surface area contributed by atoms with Crippen LogP contribution in [0.25, 0.3) is 0 Å². The van der Waals surface area contributed by atoms with Gasteiger partial charge in [-0.2, -0.15) is 0 Å². The minimum atomic E-state index is 0.272. The van der Waals surface area contributed by atoms with E-state index in [1.165, 1.54) is 0 Å². The van der Waals surface area contributed by atoms with Crippen molar-refractivity contribution in [1.82, 2.24) is 0 Å². The van der Waals surface area contributed by atoms with E-state index in [2.05, 4.69) is 5.32 Å². The zero-order chi connectivity index (χ0) is 9.80. The van der Waals surface area contributed by atoms with E-state index in [1.807, 2.05) is 24.3 Å². The van der Waals surface area contributed by atoms with Crippen LogP contribution in [0.2, 0.25) is 0 Å². The number of nitrogens with one attached hydrogen (secondary N) is 1. The van der Waals surface area contributed by atoms with Crippen LogP contribution in [0.5, 0.6) is 5.75 Å². The fourth-order valence-electron chi connectivity index (χ4n) is 1.18. The number of benzene rings is 1. The number of rotatable bonds is 3. The summed E-state index contributed by atoms with van der Waals surface area (Å²) in [5.74, 6) is 1.16. The first-order valence-electron chi connectivity index (χ1n) is 4.40. The highest BCUT2D eigenvalue weighted by Crippen LogP contribution is 2.14. The molecule has 0 amide bonds. The van der Waals surface area contributed by atoms with Crippen molar-refractivity contribution in [3.63, 3.8) is 0 Å². The van der Waals surface area contributed by atoms with E-state index in [0.717, 1.165) is 11.4 Å². The van der Waals surface area contributed by atoms with Crippen LogP contribution in [0, 0.1) is 0 Å². The number of hydrogen-bond acceptors (Lipinski definition) is 3. The number of anilines is 1. The van der Waals surface area contributed by atoms with Gasteiger partial charge in [-0.3, -0.25) is 0 Å². The van der Waals surface area contributed by atoms with Gasteiger partial charge in [-0.05, 0) is 36.4 Å². The summed E-state index contributed by atoms with van der Waals surface area (Å²) in [6, 6.07) is 10.7. The van der Waals surface area contributed by atoms with Gasteiger partial charge in [0.1, 0.15) is 11.5 Å². The Balaban J connectivity index is 1.95. The van der Waals surface area contributed by atoms with Crippen molar-refractivity contribution in [2.75, 3.05) is 5.32 Å². The molecule has 72 valence electrons. The topological polar surface area (TPSA) is 45.4 Å². The van der Waals surface area contributed by atoms with Crippen molar-refractivity contribution in [1.29, 1.82) is 0 Å². The lowest BCUT2D eigenvalue weighted by atomic mass is 10.3. The maximum absolute atomic E-state index is 9.06. The molecule has 14 heavy (non-hydrogen) atoms. The molecule has 2 N–H and O–H groups in total.